The Morgan fingerprint density at radius 2 is 1.04 bits per heavy atom. The zero-order valence-electron chi connectivity index (χ0n) is 25.4. The smallest absolute Gasteiger partial charge is 0.0551 e. The van der Waals surface area contributed by atoms with Crippen molar-refractivity contribution in [2.45, 2.75) is 0 Å². The molecule has 1 aromatic heterocycles. The molecule has 0 fully saturated rings. The van der Waals surface area contributed by atoms with E-state index in [1.807, 2.05) is 0 Å². The normalized spacial score (nSPS) is 12.3. The van der Waals surface area contributed by atoms with Gasteiger partial charge in [0, 0.05) is 37.3 Å². The molecule has 47 heavy (non-hydrogen) atoms. The number of halogens is 1. The van der Waals surface area contributed by atoms with Gasteiger partial charge in [0.15, 0.2) is 0 Å². The van der Waals surface area contributed by atoms with Crippen LogP contribution in [0.15, 0.2) is 168 Å². The van der Waals surface area contributed by atoms with Crippen LogP contribution in [0, 0.1) is 0 Å². The molecule has 0 spiro atoms. The fourth-order valence-corrected chi connectivity index (χ4v) is 8.30. The van der Waals surface area contributed by atoms with Gasteiger partial charge >= 0.3 is 0 Å². The highest BCUT2D eigenvalue weighted by atomic mass is 79.9. The maximum Gasteiger partial charge on any atom is 0.0551 e. The van der Waals surface area contributed by atoms with Crippen molar-refractivity contribution in [3.05, 3.63) is 168 Å². The number of nitrogens with zero attached hydrogens (tertiary/aromatic N) is 2. The summed E-state index contributed by atoms with van der Waals surface area (Å²) in [6.07, 6.45) is 0. The monoisotopic (exact) mass is 662 g/mol. The van der Waals surface area contributed by atoms with Crippen molar-refractivity contribution in [1.29, 1.82) is 0 Å². The molecule has 2 heterocycles. The van der Waals surface area contributed by atoms with Gasteiger partial charge in [-0.25, -0.2) is 0 Å². The molecular weight excluding hydrogens is 636 g/mol. The van der Waals surface area contributed by atoms with Crippen molar-refractivity contribution in [2.75, 3.05) is 4.90 Å². The van der Waals surface area contributed by atoms with Crippen LogP contribution in [-0.2, 0) is 0 Å². The maximum atomic E-state index is 3.91. The Hall–Kier alpha value is -5.64. The molecule has 1 aliphatic rings. The number of benzene rings is 8. The van der Waals surface area contributed by atoms with Crippen LogP contribution < -0.4 is 4.90 Å². The fraction of sp³-hybridized carbons (Fsp3) is 0. The zero-order valence-corrected chi connectivity index (χ0v) is 26.9. The third-order valence-corrected chi connectivity index (χ3v) is 10.4. The molecule has 0 atom stereocenters. The quantitative estimate of drug-likeness (QED) is 0.183. The summed E-state index contributed by atoms with van der Waals surface area (Å²) in [5.74, 6) is 0. The van der Waals surface area contributed by atoms with E-state index in [0.29, 0.717) is 0 Å². The minimum absolute atomic E-state index is 1.09. The van der Waals surface area contributed by atoms with E-state index in [-0.39, 0.29) is 0 Å². The van der Waals surface area contributed by atoms with Crippen molar-refractivity contribution >= 4 is 76.3 Å². The average Bonchev–Trinajstić information content (AvgIpc) is 3.46. The van der Waals surface area contributed by atoms with Crippen LogP contribution in [-0.4, -0.2) is 4.57 Å². The van der Waals surface area contributed by atoms with E-state index in [1.165, 1.54) is 82.7 Å². The maximum absolute atomic E-state index is 3.91. The Bertz CT molecular complexity index is 2690. The molecule has 0 aliphatic carbocycles. The van der Waals surface area contributed by atoms with Gasteiger partial charge in [-0.05, 0) is 82.1 Å². The van der Waals surface area contributed by atoms with Crippen molar-refractivity contribution in [3.63, 3.8) is 0 Å². The van der Waals surface area contributed by atoms with Crippen molar-refractivity contribution in [2.24, 2.45) is 0 Å². The van der Waals surface area contributed by atoms with E-state index in [4.69, 9.17) is 0 Å². The Balaban J connectivity index is 1.23. The van der Waals surface area contributed by atoms with Crippen LogP contribution in [0.1, 0.15) is 0 Å². The minimum atomic E-state index is 1.09. The van der Waals surface area contributed by atoms with Gasteiger partial charge in [-0.1, -0.05) is 125 Å². The van der Waals surface area contributed by atoms with Crippen LogP contribution >= 0.6 is 15.9 Å². The summed E-state index contributed by atoms with van der Waals surface area (Å²) < 4.78 is 3.47. The molecular formula is C44H27BrN2. The number of para-hydroxylation sites is 2. The highest BCUT2D eigenvalue weighted by molar-refractivity contribution is 9.10. The number of fused-ring (bicyclic) bond motifs is 6. The zero-order chi connectivity index (χ0) is 31.1. The molecule has 0 bridgehead atoms. The molecule has 9 aromatic rings. The molecule has 3 heteroatoms. The largest absolute Gasteiger partial charge is 0.309 e. The van der Waals surface area contributed by atoms with Gasteiger partial charge in [0.25, 0.3) is 0 Å². The average molecular weight is 664 g/mol. The van der Waals surface area contributed by atoms with E-state index < -0.39 is 0 Å². The van der Waals surface area contributed by atoms with Crippen LogP contribution in [0.3, 0.4) is 0 Å². The van der Waals surface area contributed by atoms with Crippen LogP contribution in [0.4, 0.5) is 17.1 Å². The van der Waals surface area contributed by atoms with E-state index in [1.54, 1.807) is 0 Å². The van der Waals surface area contributed by atoms with Crippen molar-refractivity contribution < 1.29 is 0 Å². The van der Waals surface area contributed by atoms with Gasteiger partial charge in [-0.15, -0.1) is 0 Å². The van der Waals surface area contributed by atoms with Gasteiger partial charge in [0.2, 0.25) is 0 Å². The molecule has 10 rings (SSSR count). The van der Waals surface area contributed by atoms with Crippen LogP contribution in [0.2, 0.25) is 0 Å². The first-order chi connectivity index (χ1) is 23.2. The molecule has 0 saturated heterocycles. The number of anilines is 3. The number of aromatic nitrogens is 1. The first-order valence-corrected chi connectivity index (χ1v) is 16.8. The van der Waals surface area contributed by atoms with Crippen LogP contribution in [0.25, 0.3) is 71.3 Å². The van der Waals surface area contributed by atoms with E-state index in [0.717, 1.165) is 10.2 Å². The predicted molar refractivity (Wildman–Crippen MR) is 203 cm³/mol. The highest BCUT2D eigenvalue weighted by Gasteiger charge is 2.28. The Labute approximate surface area is 280 Å². The lowest BCUT2D eigenvalue weighted by Crippen LogP contribution is -2.15. The highest BCUT2D eigenvalue weighted by Crippen LogP contribution is 2.53. The van der Waals surface area contributed by atoms with Gasteiger partial charge in [0.1, 0.15) is 0 Å². The topological polar surface area (TPSA) is 8.17 Å². The molecule has 0 unspecified atom stereocenters. The second-order valence-corrected chi connectivity index (χ2v) is 13.1. The molecule has 0 amide bonds. The summed E-state index contributed by atoms with van der Waals surface area (Å²) >= 11 is 3.91. The lowest BCUT2D eigenvalue weighted by Gasteiger charge is -2.34. The predicted octanol–water partition coefficient (Wildman–Crippen LogP) is 13.0. The van der Waals surface area contributed by atoms with E-state index in [2.05, 4.69) is 189 Å². The summed E-state index contributed by atoms with van der Waals surface area (Å²) in [5, 5.41) is 7.46. The minimum Gasteiger partial charge on any atom is -0.309 e. The summed E-state index contributed by atoms with van der Waals surface area (Å²) in [4.78, 5) is 2.47. The van der Waals surface area contributed by atoms with E-state index in [9.17, 15) is 0 Å². The Morgan fingerprint density at radius 3 is 1.87 bits per heavy atom. The number of hydrogen-bond donors (Lipinski definition) is 0. The Kier molecular flexibility index (Phi) is 5.76. The molecule has 2 nitrogen and oxygen atoms in total. The first-order valence-electron chi connectivity index (χ1n) is 16.0. The van der Waals surface area contributed by atoms with Gasteiger partial charge in [0.05, 0.1) is 28.1 Å². The van der Waals surface area contributed by atoms with Gasteiger partial charge < -0.3 is 9.47 Å². The SMILES string of the molecule is Brc1cccc2cccc(N3c4cc(-c5ccc6c(c5)c5ccccc5n6-c5ccccc5)ccc4-c4cccc5cccc3c45)c12. The Morgan fingerprint density at radius 1 is 0.404 bits per heavy atom. The summed E-state index contributed by atoms with van der Waals surface area (Å²) in [5.41, 5.74) is 12.1. The third kappa shape index (κ3) is 3.90. The fourth-order valence-electron chi connectivity index (χ4n) is 7.72. The number of hydrogen-bond acceptors (Lipinski definition) is 1. The van der Waals surface area contributed by atoms with Gasteiger partial charge in [-0.2, -0.15) is 0 Å². The van der Waals surface area contributed by atoms with Crippen LogP contribution in [0.5, 0.6) is 0 Å². The first kappa shape index (κ1) is 26.6. The second kappa shape index (κ2) is 10.2. The molecule has 8 aromatic carbocycles. The van der Waals surface area contributed by atoms with Crippen molar-refractivity contribution in [1.82, 2.24) is 4.57 Å². The summed E-state index contributed by atoms with van der Waals surface area (Å²) in [7, 11) is 0. The third-order valence-electron chi connectivity index (χ3n) is 9.75. The molecule has 0 saturated carbocycles. The second-order valence-electron chi connectivity index (χ2n) is 12.3. The van der Waals surface area contributed by atoms with E-state index >= 15 is 0 Å². The lowest BCUT2D eigenvalue weighted by molar-refractivity contribution is 1.18. The summed E-state index contributed by atoms with van der Waals surface area (Å²) in [6, 6.07) is 59.7. The molecule has 1 aliphatic heterocycles. The summed E-state index contributed by atoms with van der Waals surface area (Å²) in [6.45, 7) is 0. The van der Waals surface area contributed by atoms with Gasteiger partial charge in [-0.3, -0.25) is 0 Å². The standard InChI is InChI=1S/C44H27BrN2/c45-37-18-7-11-29-13-9-21-41(44(29)37)47-40-20-8-12-28-10-6-17-35(43(28)40)34-24-22-31(27-42(34)47)30-23-25-39-36(26-30)33-16-4-5-19-38(33)46(39)32-14-2-1-3-15-32/h1-27H. The molecule has 0 radical (unpaired) electrons. The molecule has 220 valence electrons. The lowest BCUT2D eigenvalue weighted by atomic mass is 9.88. The van der Waals surface area contributed by atoms with Crippen molar-refractivity contribution in [3.8, 4) is 27.9 Å². The number of rotatable bonds is 3. The molecule has 0 N–H and O–H groups in total.